The maximum atomic E-state index is 4.30. The van der Waals surface area contributed by atoms with Gasteiger partial charge >= 0.3 is 0 Å². The van der Waals surface area contributed by atoms with Crippen LogP contribution in [0.2, 0.25) is 0 Å². The van der Waals surface area contributed by atoms with E-state index in [-0.39, 0.29) is 0 Å². The molecule has 24 heavy (non-hydrogen) atoms. The van der Waals surface area contributed by atoms with Crippen LogP contribution in [0.1, 0.15) is 39.8 Å². The highest BCUT2D eigenvalue weighted by Crippen LogP contribution is 2.16. The van der Waals surface area contributed by atoms with E-state index in [0.29, 0.717) is 12.1 Å². The van der Waals surface area contributed by atoms with Crippen LogP contribution in [0.15, 0.2) is 54.9 Å². The van der Waals surface area contributed by atoms with Crippen molar-refractivity contribution in [3.05, 3.63) is 54.9 Å². The van der Waals surface area contributed by atoms with Crippen molar-refractivity contribution in [3.8, 4) is 0 Å². The molecular weight excluding hydrogens is 298 g/mol. The maximum absolute atomic E-state index is 4.30. The average Bonchev–Trinajstić information content (AvgIpc) is 3.19. The Labute approximate surface area is 141 Å². The fourth-order valence-electron chi connectivity index (χ4n) is 2.66. The minimum atomic E-state index is 0.373. The fourth-order valence-corrected chi connectivity index (χ4v) is 2.66. The Hall–Kier alpha value is -2.69. The van der Waals surface area contributed by atoms with Crippen molar-refractivity contribution in [1.82, 2.24) is 24.5 Å². The minimum Gasteiger partial charge on any atom is -0.328 e. The molecule has 124 valence electrons. The third-order valence-electron chi connectivity index (χ3n) is 3.90. The first kappa shape index (κ1) is 16.2. The summed E-state index contributed by atoms with van der Waals surface area (Å²) >= 11 is 0. The van der Waals surface area contributed by atoms with Gasteiger partial charge in [0.25, 0.3) is 0 Å². The largest absolute Gasteiger partial charge is 0.328 e. The molecule has 2 aromatic carbocycles. The zero-order valence-corrected chi connectivity index (χ0v) is 14.6. The third-order valence-corrected chi connectivity index (χ3v) is 3.90. The van der Waals surface area contributed by atoms with E-state index in [1.165, 1.54) is 5.52 Å². The first-order valence-electron chi connectivity index (χ1n) is 8.29. The van der Waals surface area contributed by atoms with Gasteiger partial charge in [0.1, 0.15) is 5.52 Å². The minimum absolute atomic E-state index is 0.373. The van der Waals surface area contributed by atoms with Gasteiger partial charge in [-0.15, -0.1) is 5.10 Å². The first-order chi connectivity index (χ1) is 11.6. The highest BCUT2D eigenvalue weighted by molar-refractivity contribution is 5.75. The monoisotopic (exact) mass is 321 g/mol. The fraction of sp³-hybridized carbons (Fsp3) is 0.316. The second-order valence-electron chi connectivity index (χ2n) is 6.35. The molecule has 4 aromatic rings. The van der Waals surface area contributed by atoms with E-state index < -0.39 is 0 Å². The Kier molecular flexibility index (Phi) is 4.60. The Bertz CT molecular complexity index is 855. The molecule has 0 saturated carbocycles. The summed E-state index contributed by atoms with van der Waals surface area (Å²) in [6.45, 7) is 8.52. The van der Waals surface area contributed by atoms with Crippen LogP contribution in [0.25, 0.3) is 22.1 Å². The second kappa shape index (κ2) is 6.83. The molecule has 0 aliphatic carbocycles. The predicted octanol–water partition coefficient (Wildman–Crippen LogP) is 4.63. The van der Waals surface area contributed by atoms with E-state index in [1.807, 2.05) is 53.5 Å². The summed E-state index contributed by atoms with van der Waals surface area (Å²) in [5.41, 5.74) is 4.36. The van der Waals surface area contributed by atoms with Crippen LogP contribution in [0.5, 0.6) is 0 Å². The smallest absolute Gasteiger partial charge is 0.113 e. The van der Waals surface area contributed by atoms with Crippen LogP contribution in [-0.4, -0.2) is 24.5 Å². The van der Waals surface area contributed by atoms with E-state index in [0.717, 1.165) is 16.6 Å². The number of nitrogens with zero attached hydrogens (tertiary/aromatic N) is 5. The normalized spacial score (nSPS) is 11.2. The van der Waals surface area contributed by atoms with Gasteiger partial charge in [0.05, 0.1) is 22.9 Å². The van der Waals surface area contributed by atoms with Crippen molar-refractivity contribution in [2.24, 2.45) is 0 Å². The summed E-state index contributed by atoms with van der Waals surface area (Å²) in [6, 6.07) is 17.0. The van der Waals surface area contributed by atoms with Crippen molar-refractivity contribution in [3.63, 3.8) is 0 Å². The molecule has 0 amide bonds. The van der Waals surface area contributed by atoms with E-state index in [2.05, 4.69) is 53.6 Å². The lowest BCUT2D eigenvalue weighted by molar-refractivity contribution is 0.530. The van der Waals surface area contributed by atoms with Gasteiger partial charge in [-0.1, -0.05) is 29.5 Å². The summed E-state index contributed by atoms with van der Waals surface area (Å²) < 4.78 is 4.10. The Morgan fingerprint density at radius 1 is 0.750 bits per heavy atom. The molecule has 2 heterocycles. The highest BCUT2D eigenvalue weighted by Gasteiger charge is 2.05. The number of aromatic nitrogens is 5. The van der Waals surface area contributed by atoms with Gasteiger partial charge in [-0.05, 0) is 52.0 Å². The summed E-state index contributed by atoms with van der Waals surface area (Å²) in [4.78, 5) is 4.30. The van der Waals surface area contributed by atoms with Crippen LogP contribution in [0.3, 0.4) is 0 Å². The summed E-state index contributed by atoms with van der Waals surface area (Å²) in [6.07, 6.45) is 1.90. The standard InChI is InChI=1S/C10H12N2.C9H11N3/c1-8(2)12-7-11-9-5-3-4-6-10(9)12;1-7(2)12-9-6-4-3-5-8(9)10-11-12/h3-8H,1-2H3;3-7H,1-2H3. The molecule has 0 bridgehead atoms. The average molecular weight is 321 g/mol. The number of imidazole rings is 1. The van der Waals surface area contributed by atoms with Crippen molar-refractivity contribution >= 4 is 22.1 Å². The number of fused-ring (bicyclic) bond motifs is 2. The van der Waals surface area contributed by atoms with Gasteiger partial charge < -0.3 is 4.57 Å². The van der Waals surface area contributed by atoms with Crippen LogP contribution >= 0.6 is 0 Å². The molecule has 0 saturated heterocycles. The summed E-state index contributed by atoms with van der Waals surface area (Å²) in [5.74, 6) is 0. The maximum Gasteiger partial charge on any atom is 0.113 e. The molecule has 0 fully saturated rings. The van der Waals surface area contributed by atoms with Crippen molar-refractivity contribution in [2.75, 3.05) is 0 Å². The van der Waals surface area contributed by atoms with E-state index >= 15 is 0 Å². The Morgan fingerprint density at radius 3 is 2.04 bits per heavy atom. The van der Waals surface area contributed by atoms with Crippen molar-refractivity contribution in [2.45, 2.75) is 39.8 Å². The van der Waals surface area contributed by atoms with Gasteiger partial charge in [0.15, 0.2) is 0 Å². The first-order valence-corrected chi connectivity index (χ1v) is 8.29. The van der Waals surface area contributed by atoms with E-state index in [9.17, 15) is 0 Å². The molecule has 0 unspecified atom stereocenters. The van der Waals surface area contributed by atoms with Gasteiger partial charge in [0.2, 0.25) is 0 Å². The SMILES string of the molecule is CC(C)n1cnc2ccccc21.CC(C)n1nnc2ccccc21. The number of para-hydroxylation sites is 3. The highest BCUT2D eigenvalue weighted by atomic mass is 15.4. The van der Waals surface area contributed by atoms with Gasteiger partial charge in [-0.2, -0.15) is 0 Å². The van der Waals surface area contributed by atoms with E-state index in [1.54, 1.807) is 0 Å². The molecule has 5 heteroatoms. The zero-order chi connectivity index (χ0) is 17.1. The lowest BCUT2D eigenvalue weighted by Gasteiger charge is -2.06. The van der Waals surface area contributed by atoms with Crippen LogP contribution in [0.4, 0.5) is 0 Å². The molecule has 5 nitrogen and oxygen atoms in total. The molecule has 0 aliphatic rings. The molecule has 2 aromatic heterocycles. The zero-order valence-electron chi connectivity index (χ0n) is 14.6. The van der Waals surface area contributed by atoms with Crippen LogP contribution in [-0.2, 0) is 0 Å². The van der Waals surface area contributed by atoms with Gasteiger partial charge in [-0.25, -0.2) is 9.67 Å². The lowest BCUT2D eigenvalue weighted by Crippen LogP contribution is -2.02. The van der Waals surface area contributed by atoms with E-state index in [4.69, 9.17) is 0 Å². The molecule has 0 atom stereocenters. The lowest BCUT2D eigenvalue weighted by atomic mass is 10.3. The number of hydrogen-bond acceptors (Lipinski definition) is 3. The molecular formula is C19H23N5. The summed E-state index contributed by atoms with van der Waals surface area (Å²) in [5, 5.41) is 8.11. The molecule has 0 radical (unpaired) electrons. The third kappa shape index (κ3) is 3.15. The van der Waals surface area contributed by atoms with Gasteiger partial charge in [-0.3, -0.25) is 0 Å². The topological polar surface area (TPSA) is 48.5 Å². The van der Waals surface area contributed by atoms with Crippen molar-refractivity contribution in [1.29, 1.82) is 0 Å². The summed E-state index contributed by atoms with van der Waals surface area (Å²) in [7, 11) is 0. The van der Waals surface area contributed by atoms with Crippen LogP contribution in [0, 0.1) is 0 Å². The number of benzene rings is 2. The number of rotatable bonds is 2. The molecule has 4 rings (SSSR count). The van der Waals surface area contributed by atoms with Gasteiger partial charge in [0, 0.05) is 12.1 Å². The van der Waals surface area contributed by atoms with Crippen LogP contribution < -0.4 is 0 Å². The Balaban J connectivity index is 0.000000141. The molecule has 0 N–H and O–H groups in total. The molecule has 0 aliphatic heterocycles. The van der Waals surface area contributed by atoms with Crippen molar-refractivity contribution < 1.29 is 0 Å². The quantitative estimate of drug-likeness (QED) is 0.541. The predicted molar refractivity (Wildman–Crippen MR) is 98.0 cm³/mol. The number of hydrogen-bond donors (Lipinski definition) is 0. The Morgan fingerprint density at radius 2 is 1.38 bits per heavy atom. The molecule has 0 spiro atoms. The second-order valence-corrected chi connectivity index (χ2v) is 6.35.